The normalized spacial score (nSPS) is 19.6. The average Bonchev–Trinajstić information content (AvgIpc) is 2.87. The summed E-state index contributed by atoms with van der Waals surface area (Å²) in [5, 5.41) is 8.07. The molecule has 2 aromatic carbocycles. The molecule has 194 valence electrons. The van der Waals surface area contributed by atoms with Gasteiger partial charge in [-0.05, 0) is 42.2 Å². The molecule has 9 heteroatoms. The predicted molar refractivity (Wildman–Crippen MR) is 154 cm³/mol. The number of sulfone groups is 2. The second-order valence-electron chi connectivity index (χ2n) is 9.60. The van der Waals surface area contributed by atoms with Gasteiger partial charge in [-0.15, -0.1) is 0 Å². The molecule has 0 aliphatic carbocycles. The summed E-state index contributed by atoms with van der Waals surface area (Å²) >= 11 is 0. The molecule has 2 aromatic rings. The van der Waals surface area contributed by atoms with E-state index in [0.29, 0.717) is 16.1 Å². The van der Waals surface area contributed by atoms with Crippen LogP contribution in [0.25, 0.3) is 5.70 Å². The lowest BCUT2D eigenvalue weighted by Crippen LogP contribution is -2.30. The zero-order chi connectivity index (χ0) is 26.8. The molecule has 0 aromatic heterocycles. The molecule has 0 bridgehead atoms. The highest BCUT2D eigenvalue weighted by molar-refractivity contribution is 7.91. The highest BCUT2D eigenvalue weighted by Crippen LogP contribution is 2.22. The summed E-state index contributed by atoms with van der Waals surface area (Å²) in [6.45, 7) is 3.94. The minimum absolute atomic E-state index is 0.0153. The molecule has 2 aliphatic rings. The zero-order valence-electron chi connectivity index (χ0n) is 21.4. The van der Waals surface area contributed by atoms with Crippen LogP contribution in [0.4, 0.5) is 0 Å². The van der Waals surface area contributed by atoms with Crippen LogP contribution in [0.15, 0.2) is 90.2 Å². The molecule has 0 fully saturated rings. The van der Waals surface area contributed by atoms with Crippen LogP contribution in [0.3, 0.4) is 0 Å². The fraction of sp³-hybridized carbons (Fsp3) is 0.286. The molecule has 2 aliphatic heterocycles. The van der Waals surface area contributed by atoms with E-state index in [-0.39, 0.29) is 6.04 Å². The Labute approximate surface area is 222 Å². The fourth-order valence-corrected chi connectivity index (χ4v) is 6.72. The Kier molecular flexibility index (Phi) is 7.96. The molecular weight excluding hydrogens is 521 g/mol. The molecule has 2 heterocycles. The van der Waals surface area contributed by atoms with E-state index in [0.717, 1.165) is 28.0 Å². The summed E-state index contributed by atoms with van der Waals surface area (Å²) in [7, 11) is -5.80. The number of allylic oxidation sites excluding steroid dienone is 3. The molecule has 4 rings (SSSR count). The van der Waals surface area contributed by atoms with Crippen molar-refractivity contribution in [2.75, 3.05) is 19.1 Å². The predicted octanol–water partition coefficient (Wildman–Crippen LogP) is 2.16. The number of hydrogen-bond donors (Lipinski definition) is 2. The van der Waals surface area contributed by atoms with E-state index < -0.39 is 30.2 Å². The van der Waals surface area contributed by atoms with Crippen molar-refractivity contribution in [1.29, 1.82) is 0 Å². The van der Waals surface area contributed by atoms with E-state index in [1.165, 1.54) is 22.9 Å². The van der Waals surface area contributed by atoms with E-state index in [4.69, 9.17) is 0 Å². The van der Waals surface area contributed by atoms with Crippen LogP contribution < -0.4 is 21.0 Å². The second kappa shape index (κ2) is 10.8. The smallest absolute Gasteiger partial charge is 0.154 e. The van der Waals surface area contributed by atoms with Gasteiger partial charge in [0.15, 0.2) is 19.7 Å². The van der Waals surface area contributed by atoms with E-state index in [1.807, 2.05) is 30.4 Å². The van der Waals surface area contributed by atoms with Crippen LogP contribution in [0.5, 0.6) is 0 Å². The Hall–Kier alpha value is -2.88. The van der Waals surface area contributed by atoms with Gasteiger partial charge < -0.3 is 10.6 Å². The number of rotatable bonds is 8. The lowest BCUT2D eigenvalue weighted by atomic mass is 10.0. The summed E-state index contributed by atoms with van der Waals surface area (Å²) in [4.78, 5) is 0. The molecule has 0 saturated carbocycles. The van der Waals surface area contributed by atoms with Gasteiger partial charge in [0.1, 0.15) is 9.52 Å². The first kappa shape index (κ1) is 27.2. The first-order valence-corrected chi connectivity index (χ1v) is 17.0. The van der Waals surface area contributed by atoms with Gasteiger partial charge in [-0.2, -0.15) is 0 Å². The molecule has 37 heavy (non-hydrogen) atoms. The number of nitrogens with one attached hydrogen (secondary N) is 2. The second-order valence-corrected chi connectivity index (χ2v) is 15.7. The van der Waals surface area contributed by atoms with Gasteiger partial charge in [-0.1, -0.05) is 77.1 Å². The van der Waals surface area contributed by atoms with Gasteiger partial charge in [-0.3, -0.25) is 0 Å². The first-order valence-electron chi connectivity index (χ1n) is 12.1. The third kappa shape index (κ3) is 6.71. The van der Waals surface area contributed by atoms with Crippen molar-refractivity contribution in [3.05, 3.63) is 101 Å². The van der Waals surface area contributed by atoms with E-state index in [1.54, 1.807) is 20.0 Å². The highest BCUT2D eigenvalue weighted by Gasteiger charge is 2.22. The molecule has 0 saturated heterocycles. The maximum absolute atomic E-state index is 11.9. The third-order valence-electron chi connectivity index (χ3n) is 6.84. The van der Waals surface area contributed by atoms with Crippen LogP contribution in [-0.4, -0.2) is 55.9 Å². The third-order valence-corrected chi connectivity index (χ3v) is 11.2. The molecule has 0 amide bonds. The average molecular weight is 553 g/mol. The van der Waals surface area contributed by atoms with E-state index in [2.05, 4.69) is 53.1 Å². The molecular formula is C28H32N2O4S2Si. The van der Waals surface area contributed by atoms with Crippen molar-refractivity contribution < 1.29 is 16.8 Å². The highest BCUT2D eigenvalue weighted by atomic mass is 32.2. The monoisotopic (exact) mass is 552 g/mol. The van der Waals surface area contributed by atoms with Gasteiger partial charge in [-0.25, -0.2) is 16.8 Å². The van der Waals surface area contributed by atoms with Crippen molar-refractivity contribution in [2.45, 2.75) is 30.4 Å². The Morgan fingerprint density at radius 2 is 1.57 bits per heavy atom. The van der Waals surface area contributed by atoms with Crippen molar-refractivity contribution in [1.82, 2.24) is 10.6 Å². The van der Waals surface area contributed by atoms with Crippen LogP contribution in [0, 0.1) is 0 Å². The minimum atomic E-state index is -3.14. The molecule has 2 N–H and O–H groups in total. The topological polar surface area (TPSA) is 92.3 Å². The number of benzene rings is 2. The van der Waals surface area contributed by atoms with Gasteiger partial charge in [0.05, 0.1) is 16.5 Å². The lowest BCUT2D eigenvalue weighted by molar-refractivity contribution is 0.592. The molecule has 0 spiro atoms. The van der Waals surface area contributed by atoms with Crippen LogP contribution in [0.2, 0.25) is 0 Å². The van der Waals surface area contributed by atoms with E-state index >= 15 is 0 Å². The largest absolute Gasteiger partial charge is 0.381 e. The summed E-state index contributed by atoms with van der Waals surface area (Å²) in [5.74, 6) is 0. The molecule has 6 nitrogen and oxygen atoms in total. The maximum atomic E-state index is 11.9. The maximum Gasteiger partial charge on any atom is 0.154 e. The Morgan fingerprint density at radius 3 is 2.16 bits per heavy atom. The summed E-state index contributed by atoms with van der Waals surface area (Å²) in [5.41, 5.74) is 4.78. The summed E-state index contributed by atoms with van der Waals surface area (Å²) in [6, 6.07) is 16.8. The van der Waals surface area contributed by atoms with Gasteiger partial charge in [0, 0.05) is 31.0 Å². The van der Waals surface area contributed by atoms with Gasteiger partial charge >= 0.3 is 0 Å². The number of hydrogen-bond acceptors (Lipinski definition) is 6. The Bertz CT molecular complexity index is 1520. The lowest BCUT2D eigenvalue weighted by Gasteiger charge is -2.22. The zero-order valence-corrected chi connectivity index (χ0v) is 24.0. The van der Waals surface area contributed by atoms with Crippen LogP contribution in [0.1, 0.15) is 31.0 Å². The minimum Gasteiger partial charge on any atom is -0.381 e. The van der Waals surface area contributed by atoms with Gasteiger partial charge in [0.2, 0.25) is 0 Å². The molecule has 3 atom stereocenters. The van der Waals surface area contributed by atoms with Crippen molar-refractivity contribution in [2.24, 2.45) is 0 Å². The van der Waals surface area contributed by atoms with Crippen molar-refractivity contribution in [3.8, 4) is 0 Å². The summed E-state index contributed by atoms with van der Waals surface area (Å²) < 4.78 is 47.5. The molecule has 2 radical (unpaired) electrons. The van der Waals surface area contributed by atoms with E-state index in [9.17, 15) is 16.8 Å². The van der Waals surface area contributed by atoms with Crippen molar-refractivity contribution in [3.63, 3.8) is 0 Å². The quantitative estimate of drug-likeness (QED) is 0.488. The SMILES string of the molecule is CC(C1=CNC(c2cccc([Si]c3cccc(C4=CC=C(C(C)S(C)(=O)=O)CN4)c3)c2)C=C1)S(C)(=O)=O. The Balaban J connectivity index is 1.47. The fourth-order valence-electron chi connectivity index (χ4n) is 4.20. The standard InChI is InChI=1S/C28H32N2O4S2Si/c1-19(35(3,31)32)23-11-13-27(29-17-23)21-7-5-9-25(15-21)37-26-10-6-8-22(16-26)28-14-12-24(18-30-28)20(2)36(4,33)34/h5-17,19-20,27,29-30H,18H2,1-4H3. The van der Waals surface area contributed by atoms with Crippen LogP contribution >= 0.6 is 0 Å². The first-order chi connectivity index (χ1) is 17.4. The number of dihydropyridines is 2. The van der Waals surface area contributed by atoms with Crippen molar-refractivity contribution >= 4 is 45.3 Å². The Morgan fingerprint density at radius 1 is 0.892 bits per heavy atom. The van der Waals surface area contributed by atoms with Crippen LogP contribution in [-0.2, 0) is 19.7 Å². The van der Waals surface area contributed by atoms with Gasteiger partial charge in [0.25, 0.3) is 0 Å². The summed E-state index contributed by atoms with van der Waals surface area (Å²) in [6.07, 6.45) is 12.1. The molecule has 3 unspecified atom stereocenters.